The van der Waals surface area contributed by atoms with Gasteiger partial charge >= 0.3 is 0 Å². The second-order valence-corrected chi connectivity index (χ2v) is 3.86. The fourth-order valence-corrected chi connectivity index (χ4v) is 1.18. The maximum atomic E-state index is 11.4. The Balaban J connectivity index is 2.91. The summed E-state index contributed by atoms with van der Waals surface area (Å²) in [6, 6.07) is 5.11. The van der Waals surface area contributed by atoms with E-state index in [2.05, 4.69) is 5.32 Å². The minimum Gasteiger partial charge on any atom is -0.497 e. The summed E-state index contributed by atoms with van der Waals surface area (Å²) in [6.45, 7) is 1.61. The first kappa shape index (κ1) is 12.6. The van der Waals surface area contributed by atoms with Gasteiger partial charge in [0, 0.05) is 23.9 Å². The Morgan fingerprint density at radius 2 is 1.75 bits per heavy atom. The lowest BCUT2D eigenvalue weighted by molar-refractivity contribution is -0.115. The highest BCUT2D eigenvalue weighted by Crippen LogP contribution is 2.25. The van der Waals surface area contributed by atoms with E-state index in [4.69, 9.17) is 21.1 Å². The molecule has 1 aromatic carbocycles. The molecule has 1 rings (SSSR count). The van der Waals surface area contributed by atoms with Crippen molar-refractivity contribution in [2.24, 2.45) is 0 Å². The zero-order chi connectivity index (χ0) is 12.1. The number of anilines is 1. The number of rotatable bonds is 4. The summed E-state index contributed by atoms with van der Waals surface area (Å²) >= 11 is 5.65. The maximum absolute atomic E-state index is 11.4. The number of hydrogen-bond donors (Lipinski definition) is 1. The van der Waals surface area contributed by atoms with Gasteiger partial charge in [0.15, 0.2) is 0 Å². The van der Waals surface area contributed by atoms with E-state index in [9.17, 15) is 4.79 Å². The van der Waals surface area contributed by atoms with Crippen LogP contribution in [0.1, 0.15) is 6.92 Å². The van der Waals surface area contributed by atoms with Crippen molar-refractivity contribution in [3.8, 4) is 11.5 Å². The Bertz CT molecular complexity index is 357. The summed E-state index contributed by atoms with van der Waals surface area (Å²) in [4.78, 5) is 11.4. The third-order valence-electron chi connectivity index (χ3n) is 1.98. The predicted octanol–water partition coefficient (Wildman–Crippen LogP) is 2.27. The monoisotopic (exact) mass is 243 g/mol. The molecule has 0 aliphatic heterocycles. The second-order valence-electron chi connectivity index (χ2n) is 3.21. The van der Waals surface area contributed by atoms with Crippen molar-refractivity contribution >= 4 is 23.2 Å². The van der Waals surface area contributed by atoms with E-state index >= 15 is 0 Å². The largest absolute Gasteiger partial charge is 0.497 e. The van der Waals surface area contributed by atoms with Crippen molar-refractivity contribution < 1.29 is 14.3 Å². The molecule has 1 amide bonds. The molecule has 16 heavy (non-hydrogen) atoms. The molecule has 0 unspecified atom stereocenters. The number of halogens is 1. The van der Waals surface area contributed by atoms with Gasteiger partial charge < -0.3 is 14.8 Å². The first-order chi connectivity index (χ1) is 7.56. The molecule has 0 saturated heterocycles. The Morgan fingerprint density at radius 1 is 1.25 bits per heavy atom. The van der Waals surface area contributed by atoms with Crippen LogP contribution in [-0.4, -0.2) is 25.5 Å². The molecule has 0 saturated carbocycles. The smallest absolute Gasteiger partial charge is 0.242 e. The highest BCUT2D eigenvalue weighted by molar-refractivity contribution is 6.32. The first-order valence-electron chi connectivity index (χ1n) is 4.75. The van der Waals surface area contributed by atoms with Crippen LogP contribution in [0.25, 0.3) is 0 Å². The third kappa shape index (κ3) is 3.31. The van der Waals surface area contributed by atoms with Gasteiger partial charge in [-0.15, -0.1) is 11.6 Å². The average Bonchev–Trinajstić information content (AvgIpc) is 2.28. The van der Waals surface area contributed by atoms with Gasteiger partial charge in [-0.25, -0.2) is 0 Å². The fourth-order valence-electron chi connectivity index (χ4n) is 1.12. The number of ether oxygens (including phenoxy) is 2. The molecular formula is C11H14ClNO3. The number of benzene rings is 1. The minimum absolute atomic E-state index is 0.267. The molecular weight excluding hydrogens is 230 g/mol. The molecule has 4 nitrogen and oxygen atoms in total. The molecule has 0 heterocycles. The molecule has 1 atom stereocenters. The van der Waals surface area contributed by atoms with Gasteiger partial charge in [-0.05, 0) is 6.92 Å². The summed E-state index contributed by atoms with van der Waals surface area (Å²) in [5.41, 5.74) is 0.591. The summed E-state index contributed by atoms with van der Waals surface area (Å²) in [6.07, 6.45) is 0. The Morgan fingerprint density at radius 3 is 2.12 bits per heavy atom. The standard InChI is InChI=1S/C11H14ClNO3/c1-7(12)11(14)13-8-4-9(15-2)6-10(5-8)16-3/h4-7H,1-3H3,(H,13,14)/t7-/m1/s1. The summed E-state index contributed by atoms with van der Waals surface area (Å²) in [7, 11) is 3.09. The first-order valence-corrected chi connectivity index (χ1v) is 5.18. The number of hydrogen-bond acceptors (Lipinski definition) is 3. The fraction of sp³-hybridized carbons (Fsp3) is 0.364. The van der Waals surface area contributed by atoms with Crippen LogP contribution >= 0.6 is 11.6 Å². The zero-order valence-electron chi connectivity index (χ0n) is 9.41. The van der Waals surface area contributed by atoms with Gasteiger partial charge in [-0.3, -0.25) is 4.79 Å². The second kappa shape index (κ2) is 5.61. The topological polar surface area (TPSA) is 47.6 Å². The highest BCUT2D eigenvalue weighted by Gasteiger charge is 2.10. The van der Waals surface area contributed by atoms with Crippen LogP contribution in [0.4, 0.5) is 5.69 Å². The highest BCUT2D eigenvalue weighted by atomic mass is 35.5. The Labute approximate surface area is 99.5 Å². The van der Waals surface area contributed by atoms with E-state index < -0.39 is 5.38 Å². The van der Waals surface area contributed by atoms with E-state index in [0.717, 1.165) is 0 Å². The quantitative estimate of drug-likeness (QED) is 0.826. The summed E-state index contributed by atoms with van der Waals surface area (Å²) < 4.78 is 10.2. The molecule has 5 heteroatoms. The lowest BCUT2D eigenvalue weighted by Gasteiger charge is -2.10. The van der Waals surface area contributed by atoms with Crippen LogP contribution in [0.3, 0.4) is 0 Å². The van der Waals surface area contributed by atoms with Crippen molar-refractivity contribution in [2.75, 3.05) is 19.5 Å². The minimum atomic E-state index is -0.586. The third-order valence-corrected chi connectivity index (χ3v) is 2.18. The number of carbonyl (C=O) groups is 1. The molecule has 0 aliphatic carbocycles. The Kier molecular flexibility index (Phi) is 4.43. The molecule has 1 aromatic rings. The molecule has 0 fully saturated rings. The lowest BCUT2D eigenvalue weighted by Crippen LogP contribution is -2.20. The molecule has 0 bridgehead atoms. The van der Waals surface area contributed by atoms with Crippen molar-refractivity contribution in [3.63, 3.8) is 0 Å². The molecule has 1 N–H and O–H groups in total. The van der Waals surface area contributed by atoms with Gasteiger partial charge in [0.1, 0.15) is 16.9 Å². The van der Waals surface area contributed by atoms with E-state index in [-0.39, 0.29) is 5.91 Å². The summed E-state index contributed by atoms with van der Waals surface area (Å²) in [5, 5.41) is 2.07. The molecule has 88 valence electrons. The van der Waals surface area contributed by atoms with Crippen molar-refractivity contribution in [1.82, 2.24) is 0 Å². The number of amides is 1. The van der Waals surface area contributed by atoms with E-state index in [1.54, 1.807) is 39.3 Å². The summed E-state index contributed by atoms with van der Waals surface area (Å²) in [5.74, 6) is 0.950. The molecule has 0 aromatic heterocycles. The number of methoxy groups -OCH3 is 2. The van der Waals surface area contributed by atoms with Gasteiger partial charge in [0.05, 0.1) is 14.2 Å². The van der Waals surface area contributed by atoms with Crippen LogP contribution in [0.15, 0.2) is 18.2 Å². The number of carbonyl (C=O) groups excluding carboxylic acids is 1. The van der Waals surface area contributed by atoms with Crippen molar-refractivity contribution in [2.45, 2.75) is 12.3 Å². The number of alkyl halides is 1. The van der Waals surface area contributed by atoms with Gasteiger partial charge in [-0.2, -0.15) is 0 Å². The van der Waals surface area contributed by atoms with Crippen molar-refractivity contribution in [1.29, 1.82) is 0 Å². The van der Waals surface area contributed by atoms with Crippen molar-refractivity contribution in [3.05, 3.63) is 18.2 Å². The normalized spacial score (nSPS) is 11.8. The number of nitrogens with one attached hydrogen (secondary N) is 1. The van der Waals surface area contributed by atoms with Crippen LogP contribution in [0.5, 0.6) is 11.5 Å². The molecule has 0 spiro atoms. The predicted molar refractivity (Wildman–Crippen MR) is 63.5 cm³/mol. The van der Waals surface area contributed by atoms with Gasteiger partial charge in [-0.1, -0.05) is 0 Å². The average molecular weight is 244 g/mol. The van der Waals surface area contributed by atoms with Gasteiger partial charge in [0.2, 0.25) is 5.91 Å². The van der Waals surface area contributed by atoms with E-state index in [0.29, 0.717) is 17.2 Å². The Hall–Kier alpha value is -1.42. The SMILES string of the molecule is COc1cc(NC(=O)[C@@H](C)Cl)cc(OC)c1. The molecule has 0 radical (unpaired) electrons. The molecule has 0 aliphatic rings. The van der Waals surface area contributed by atoms with Crippen LogP contribution in [0.2, 0.25) is 0 Å². The van der Waals surface area contributed by atoms with Gasteiger partial charge in [0.25, 0.3) is 0 Å². The van der Waals surface area contributed by atoms with Crippen LogP contribution in [-0.2, 0) is 4.79 Å². The zero-order valence-corrected chi connectivity index (χ0v) is 10.2. The van der Waals surface area contributed by atoms with E-state index in [1.807, 2.05) is 0 Å². The lowest BCUT2D eigenvalue weighted by atomic mass is 10.2. The van der Waals surface area contributed by atoms with Crippen LogP contribution in [0, 0.1) is 0 Å². The van der Waals surface area contributed by atoms with Crippen LogP contribution < -0.4 is 14.8 Å². The van der Waals surface area contributed by atoms with E-state index in [1.165, 1.54) is 0 Å². The maximum Gasteiger partial charge on any atom is 0.242 e.